The van der Waals surface area contributed by atoms with Gasteiger partial charge in [-0.15, -0.1) is 0 Å². The molecule has 0 atom stereocenters. The zero-order valence-electron chi connectivity index (χ0n) is 20.3. The summed E-state index contributed by atoms with van der Waals surface area (Å²) in [4.78, 5) is 0. The quantitative estimate of drug-likeness (QED) is 0.298. The smallest absolute Gasteiger partial charge is 0.200 e. The fraction of sp³-hybridized carbons (Fsp3) is 0.323. The van der Waals surface area contributed by atoms with E-state index in [4.69, 9.17) is 0 Å². The molecule has 4 aromatic rings. The van der Waals surface area contributed by atoms with Crippen LogP contribution in [0.1, 0.15) is 64.2 Å². The van der Waals surface area contributed by atoms with Crippen molar-refractivity contribution >= 4 is 10.8 Å². The maximum Gasteiger partial charge on any atom is 0.220 e. The predicted molar refractivity (Wildman–Crippen MR) is 136 cm³/mol. The average molecular weight is 421 g/mol. The van der Waals surface area contributed by atoms with Crippen molar-refractivity contribution < 1.29 is 4.57 Å². The normalized spacial score (nSPS) is 14.4. The summed E-state index contributed by atoms with van der Waals surface area (Å²) in [5, 5.41) is 2.62. The minimum absolute atomic E-state index is 0.00278. The van der Waals surface area contributed by atoms with Crippen LogP contribution in [-0.4, -0.2) is 0 Å². The summed E-state index contributed by atoms with van der Waals surface area (Å²) in [6.07, 6.45) is 4.45. The Kier molecular flexibility index (Phi) is 4.78. The van der Waals surface area contributed by atoms with Crippen molar-refractivity contribution in [3.63, 3.8) is 0 Å². The van der Waals surface area contributed by atoms with Crippen LogP contribution in [0.3, 0.4) is 0 Å². The zero-order chi connectivity index (χ0) is 22.7. The van der Waals surface area contributed by atoms with Gasteiger partial charge in [-0.25, -0.2) is 4.57 Å². The number of hydrogen-bond donors (Lipinski definition) is 0. The second kappa shape index (κ2) is 7.30. The Labute approximate surface area is 192 Å². The van der Waals surface area contributed by atoms with E-state index in [1.165, 1.54) is 49.8 Å². The van der Waals surface area contributed by atoms with Crippen molar-refractivity contribution in [2.24, 2.45) is 7.05 Å². The first-order chi connectivity index (χ1) is 15.3. The summed E-state index contributed by atoms with van der Waals surface area (Å²) in [5.41, 5.74) is 10.00. The van der Waals surface area contributed by atoms with Gasteiger partial charge >= 0.3 is 0 Å². The largest absolute Gasteiger partial charge is 0.220 e. The summed E-state index contributed by atoms with van der Waals surface area (Å²) < 4.78 is 2.31. The molecule has 0 fully saturated rings. The van der Waals surface area contributed by atoms with Crippen LogP contribution in [0.15, 0.2) is 72.9 Å². The molecule has 1 aliphatic carbocycles. The lowest BCUT2D eigenvalue weighted by molar-refractivity contribution is -0.659. The summed E-state index contributed by atoms with van der Waals surface area (Å²) >= 11 is 0. The molecule has 0 N–H and O–H groups in total. The number of benzene rings is 3. The lowest BCUT2D eigenvalue weighted by Crippen LogP contribution is -2.32. The number of hydrogen-bond acceptors (Lipinski definition) is 0. The highest BCUT2D eigenvalue weighted by molar-refractivity contribution is 5.95. The highest BCUT2D eigenvalue weighted by Crippen LogP contribution is 2.52. The summed E-state index contributed by atoms with van der Waals surface area (Å²) in [6, 6.07) is 25.1. The van der Waals surface area contributed by atoms with Gasteiger partial charge in [-0.1, -0.05) is 77.1 Å². The van der Waals surface area contributed by atoms with E-state index in [1.54, 1.807) is 0 Å². The molecule has 0 radical (unpaired) electrons. The third-order valence-corrected chi connectivity index (χ3v) is 8.23. The molecule has 0 saturated heterocycles. The SMILES string of the molecule is CCC(C)(CC)c1cc2c(cc1-c1c3ccccc3cc[n+]1C)C(C)(C)c1ccccc1-2. The van der Waals surface area contributed by atoms with Gasteiger partial charge in [-0.05, 0) is 69.7 Å². The number of nitrogens with zero attached hydrogens (tertiary/aromatic N) is 1. The molecule has 3 aromatic carbocycles. The van der Waals surface area contributed by atoms with E-state index in [1.807, 2.05) is 0 Å². The third-order valence-electron chi connectivity index (χ3n) is 8.23. The van der Waals surface area contributed by atoms with E-state index in [0.29, 0.717) is 0 Å². The third kappa shape index (κ3) is 2.87. The second-order valence-corrected chi connectivity index (χ2v) is 10.2. The molecular weight excluding hydrogens is 386 g/mol. The van der Waals surface area contributed by atoms with Crippen molar-refractivity contribution in [3.8, 4) is 22.4 Å². The first kappa shape index (κ1) is 20.9. The Morgan fingerprint density at radius 1 is 0.781 bits per heavy atom. The first-order valence-electron chi connectivity index (χ1n) is 12.0. The summed E-state index contributed by atoms with van der Waals surface area (Å²) in [7, 11) is 2.19. The average Bonchev–Trinajstić information content (AvgIpc) is 3.04. The molecule has 0 unspecified atom stereocenters. The van der Waals surface area contributed by atoms with Crippen LogP contribution in [0.4, 0.5) is 0 Å². The molecule has 0 bridgehead atoms. The molecule has 1 heterocycles. The van der Waals surface area contributed by atoms with Gasteiger partial charge < -0.3 is 0 Å². The number of aromatic nitrogens is 1. The van der Waals surface area contributed by atoms with Crippen LogP contribution in [0.25, 0.3) is 33.2 Å². The molecule has 0 aliphatic heterocycles. The molecule has 0 saturated carbocycles. The van der Waals surface area contributed by atoms with Crippen molar-refractivity contribution in [1.82, 2.24) is 0 Å². The summed E-state index contributed by atoms with van der Waals surface area (Å²) in [5.74, 6) is 0. The predicted octanol–water partition coefficient (Wildman–Crippen LogP) is 7.72. The summed E-state index contributed by atoms with van der Waals surface area (Å²) in [6.45, 7) is 11.9. The van der Waals surface area contributed by atoms with E-state index in [-0.39, 0.29) is 10.8 Å². The van der Waals surface area contributed by atoms with Gasteiger partial charge in [0.15, 0.2) is 6.20 Å². The van der Waals surface area contributed by atoms with Gasteiger partial charge in [0.2, 0.25) is 5.69 Å². The topological polar surface area (TPSA) is 3.88 Å². The second-order valence-electron chi connectivity index (χ2n) is 10.2. The van der Waals surface area contributed by atoms with Gasteiger partial charge in [-0.2, -0.15) is 0 Å². The molecule has 32 heavy (non-hydrogen) atoms. The molecule has 1 heteroatoms. The molecule has 1 aromatic heterocycles. The Balaban J connectivity index is 1.92. The molecule has 1 aliphatic rings. The van der Waals surface area contributed by atoms with Crippen molar-refractivity contribution in [3.05, 3.63) is 89.6 Å². The van der Waals surface area contributed by atoms with Crippen molar-refractivity contribution in [2.75, 3.05) is 0 Å². The van der Waals surface area contributed by atoms with Gasteiger partial charge in [0.25, 0.3) is 0 Å². The maximum absolute atomic E-state index is 2.53. The van der Waals surface area contributed by atoms with Crippen molar-refractivity contribution in [1.29, 1.82) is 0 Å². The van der Waals surface area contributed by atoms with Gasteiger partial charge in [0.05, 0.1) is 10.9 Å². The van der Waals surface area contributed by atoms with Crippen LogP contribution in [-0.2, 0) is 17.9 Å². The number of fused-ring (bicyclic) bond motifs is 4. The van der Waals surface area contributed by atoms with Gasteiger partial charge in [-0.3, -0.25) is 0 Å². The van der Waals surface area contributed by atoms with Gasteiger partial charge in [0, 0.05) is 11.5 Å². The first-order valence-corrected chi connectivity index (χ1v) is 12.0. The fourth-order valence-electron chi connectivity index (χ4n) is 5.72. The fourth-order valence-corrected chi connectivity index (χ4v) is 5.72. The van der Waals surface area contributed by atoms with Crippen LogP contribution in [0, 0.1) is 0 Å². The number of pyridine rings is 1. The number of rotatable bonds is 4. The Hall–Kier alpha value is -2.93. The van der Waals surface area contributed by atoms with Crippen molar-refractivity contribution in [2.45, 2.75) is 58.3 Å². The molecule has 162 valence electrons. The molecule has 5 rings (SSSR count). The van der Waals surface area contributed by atoms with E-state index in [9.17, 15) is 0 Å². The monoisotopic (exact) mass is 420 g/mol. The Bertz CT molecular complexity index is 1340. The zero-order valence-corrected chi connectivity index (χ0v) is 20.3. The highest BCUT2D eigenvalue weighted by atomic mass is 14.9. The van der Waals surface area contributed by atoms with E-state index in [0.717, 1.165) is 12.8 Å². The highest BCUT2D eigenvalue weighted by Gasteiger charge is 2.39. The number of aryl methyl sites for hydroxylation is 1. The minimum atomic E-state index is -0.00278. The van der Waals surface area contributed by atoms with Crippen LogP contribution in [0.5, 0.6) is 0 Å². The molecular formula is C31H34N+. The standard InChI is InChI=1S/C31H34N/c1-7-31(5,8-2)28-19-24-23-15-11-12-16-26(23)30(3,4)27(24)20-25(28)29-22-14-10-9-13-21(22)17-18-32(29)6/h9-20H,7-8H2,1-6H3/q+1. The van der Waals surface area contributed by atoms with E-state index < -0.39 is 0 Å². The lowest BCUT2D eigenvalue weighted by atomic mass is 9.72. The maximum atomic E-state index is 2.53. The molecule has 1 nitrogen and oxygen atoms in total. The van der Waals surface area contributed by atoms with E-state index >= 15 is 0 Å². The van der Waals surface area contributed by atoms with Crippen LogP contribution in [0.2, 0.25) is 0 Å². The Morgan fingerprint density at radius 2 is 1.47 bits per heavy atom. The molecule has 0 amide bonds. The minimum Gasteiger partial charge on any atom is -0.200 e. The Morgan fingerprint density at radius 3 is 2.22 bits per heavy atom. The lowest BCUT2D eigenvalue weighted by Gasteiger charge is -2.31. The van der Waals surface area contributed by atoms with Gasteiger partial charge in [0.1, 0.15) is 7.05 Å². The van der Waals surface area contributed by atoms with Crippen LogP contribution >= 0.6 is 0 Å². The molecule has 0 spiro atoms. The van der Waals surface area contributed by atoms with Crippen LogP contribution < -0.4 is 4.57 Å². The van der Waals surface area contributed by atoms with E-state index in [2.05, 4.69) is 119 Å².